The Labute approximate surface area is 127 Å². The normalized spacial score (nSPS) is 14.6. The predicted molar refractivity (Wildman–Crippen MR) is 86.5 cm³/mol. The summed E-state index contributed by atoms with van der Waals surface area (Å²) in [4.78, 5) is 6.96. The fourth-order valence-electron chi connectivity index (χ4n) is 2.37. The van der Waals surface area contributed by atoms with Crippen LogP contribution in [0, 0.1) is 5.92 Å². The molecule has 3 nitrogen and oxygen atoms in total. The van der Waals surface area contributed by atoms with Gasteiger partial charge in [0.25, 0.3) is 0 Å². The van der Waals surface area contributed by atoms with E-state index in [2.05, 4.69) is 35.1 Å². The van der Waals surface area contributed by atoms with Gasteiger partial charge in [0.15, 0.2) is 0 Å². The third kappa shape index (κ3) is 4.64. The van der Waals surface area contributed by atoms with Crippen molar-refractivity contribution >= 4 is 17.4 Å². The summed E-state index contributed by atoms with van der Waals surface area (Å²) < 4.78 is 0. The third-order valence-electron chi connectivity index (χ3n) is 3.60. The molecule has 2 rings (SSSR count). The van der Waals surface area contributed by atoms with Gasteiger partial charge in [-0.25, -0.2) is 4.98 Å². The standard InChI is InChI=1S/C16H26ClN3/c1-3-7-18-10-14-9-15(17)16(19-11-14)20(8-4-2)12-13-5-6-13/h9,11,13,18H,3-8,10,12H2,1-2H3. The molecule has 0 bridgehead atoms. The summed E-state index contributed by atoms with van der Waals surface area (Å²) in [5.74, 6) is 1.81. The van der Waals surface area contributed by atoms with Gasteiger partial charge in [-0.05, 0) is 49.8 Å². The lowest BCUT2D eigenvalue weighted by molar-refractivity contribution is 0.671. The largest absolute Gasteiger partial charge is 0.355 e. The van der Waals surface area contributed by atoms with Crippen molar-refractivity contribution in [3.8, 4) is 0 Å². The Hall–Kier alpha value is -0.800. The monoisotopic (exact) mass is 295 g/mol. The smallest absolute Gasteiger partial charge is 0.147 e. The van der Waals surface area contributed by atoms with Crippen LogP contribution in [0.25, 0.3) is 0 Å². The van der Waals surface area contributed by atoms with E-state index >= 15 is 0 Å². The molecule has 1 fully saturated rings. The highest BCUT2D eigenvalue weighted by Gasteiger charge is 2.25. The van der Waals surface area contributed by atoms with Gasteiger partial charge in [-0.3, -0.25) is 0 Å². The molecular formula is C16H26ClN3. The molecule has 20 heavy (non-hydrogen) atoms. The van der Waals surface area contributed by atoms with E-state index in [-0.39, 0.29) is 0 Å². The second-order valence-electron chi connectivity index (χ2n) is 5.72. The number of aromatic nitrogens is 1. The van der Waals surface area contributed by atoms with Gasteiger partial charge in [-0.2, -0.15) is 0 Å². The molecule has 0 saturated heterocycles. The van der Waals surface area contributed by atoms with Crippen LogP contribution in [-0.2, 0) is 6.54 Å². The van der Waals surface area contributed by atoms with Crippen LogP contribution in [0.4, 0.5) is 5.82 Å². The Kier molecular flexibility index (Phi) is 6.11. The molecule has 0 spiro atoms. The summed E-state index contributed by atoms with van der Waals surface area (Å²) in [6.07, 6.45) is 6.95. The third-order valence-corrected chi connectivity index (χ3v) is 3.88. The van der Waals surface area contributed by atoms with Crippen LogP contribution < -0.4 is 10.2 Å². The van der Waals surface area contributed by atoms with Crippen LogP contribution >= 0.6 is 11.6 Å². The first-order valence-corrected chi connectivity index (χ1v) is 8.22. The predicted octanol–water partition coefficient (Wildman–Crippen LogP) is 3.86. The molecule has 1 aromatic rings. The molecule has 0 atom stereocenters. The lowest BCUT2D eigenvalue weighted by Gasteiger charge is -2.24. The Balaban J connectivity index is 2.01. The molecule has 4 heteroatoms. The number of halogens is 1. The van der Waals surface area contributed by atoms with Gasteiger partial charge in [0, 0.05) is 25.8 Å². The van der Waals surface area contributed by atoms with Crippen molar-refractivity contribution in [1.29, 1.82) is 0 Å². The first-order valence-electron chi connectivity index (χ1n) is 7.84. The minimum Gasteiger partial charge on any atom is -0.355 e. The summed E-state index contributed by atoms with van der Waals surface area (Å²) in [5, 5.41) is 4.17. The van der Waals surface area contributed by atoms with Gasteiger partial charge >= 0.3 is 0 Å². The number of hydrogen-bond donors (Lipinski definition) is 1. The van der Waals surface area contributed by atoms with E-state index in [9.17, 15) is 0 Å². The highest BCUT2D eigenvalue weighted by molar-refractivity contribution is 6.33. The number of anilines is 1. The second kappa shape index (κ2) is 7.84. The molecule has 0 aliphatic heterocycles. The van der Waals surface area contributed by atoms with Crippen LogP contribution in [0.15, 0.2) is 12.3 Å². The van der Waals surface area contributed by atoms with Gasteiger partial charge in [-0.1, -0.05) is 25.4 Å². The molecule has 1 N–H and O–H groups in total. The maximum absolute atomic E-state index is 6.44. The van der Waals surface area contributed by atoms with Crippen LogP contribution in [0.5, 0.6) is 0 Å². The van der Waals surface area contributed by atoms with E-state index in [1.54, 1.807) is 0 Å². The molecular weight excluding hydrogens is 270 g/mol. The maximum Gasteiger partial charge on any atom is 0.147 e. The zero-order chi connectivity index (χ0) is 14.4. The van der Waals surface area contributed by atoms with Gasteiger partial charge in [0.05, 0.1) is 5.02 Å². The average Bonchev–Trinajstić information content (AvgIpc) is 3.23. The van der Waals surface area contributed by atoms with E-state index in [0.29, 0.717) is 0 Å². The molecule has 112 valence electrons. The zero-order valence-electron chi connectivity index (χ0n) is 12.7. The van der Waals surface area contributed by atoms with Crippen LogP contribution in [0.3, 0.4) is 0 Å². The van der Waals surface area contributed by atoms with Crippen molar-refractivity contribution in [2.45, 2.75) is 46.1 Å². The average molecular weight is 296 g/mol. The Morgan fingerprint density at radius 3 is 2.75 bits per heavy atom. The number of rotatable bonds is 9. The highest BCUT2D eigenvalue weighted by Crippen LogP contribution is 2.33. The van der Waals surface area contributed by atoms with E-state index in [1.807, 2.05) is 6.20 Å². The van der Waals surface area contributed by atoms with Gasteiger partial charge in [-0.15, -0.1) is 0 Å². The van der Waals surface area contributed by atoms with Gasteiger partial charge in [0.1, 0.15) is 5.82 Å². The summed E-state index contributed by atoms with van der Waals surface area (Å²) in [6.45, 7) is 8.39. The van der Waals surface area contributed by atoms with Crippen LogP contribution in [0.2, 0.25) is 5.02 Å². The lowest BCUT2D eigenvalue weighted by atomic mass is 10.2. The second-order valence-corrected chi connectivity index (χ2v) is 6.12. The lowest BCUT2D eigenvalue weighted by Crippen LogP contribution is -2.27. The summed E-state index contributed by atoms with van der Waals surface area (Å²) in [5.41, 5.74) is 1.16. The summed E-state index contributed by atoms with van der Waals surface area (Å²) >= 11 is 6.44. The first-order chi connectivity index (χ1) is 9.74. The molecule has 1 aromatic heterocycles. The van der Waals surface area contributed by atoms with Crippen LogP contribution in [0.1, 0.15) is 45.1 Å². The van der Waals surface area contributed by atoms with Crippen LogP contribution in [-0.4, -0.2) is 24.6 Å². The molecule has 1 aliphatic rings. The first kappa shape index (κ1) is 15.6. The fourth-order valence-corrected chi connectivity index (χ4v) is 2.68. The van der Waals surface area contributed by atoms with Crippen molar-refractivity contribution in [3.63, 3.8) is 0 Å². The molecule has 0 aromatic carbocycles. The van der Waals surface area contributed by atoms with Crippen molar-refractivity contribution in [2.24, 2.45) is 5.92 Å². The molecule has 0 radical (unpaired) electrons. The van der Waals surface area contributed by atoms with Crippen molar-refractivity contribution in [3.05, 3.63) is 22.8 Å². The van der Waals surface area contributed by atoms with Crippen molar-refractivity contribution in [1.82, 2.24) is 10.3 Å². The zero-order valence-corrected chi connectivity index (χ0v) is 13.4. The minimum absolute atomic E-state index is 0.787. The van der Waals surface area contributed by atoms with E-state index < -0.39 is 0 Å². The Morgan fingerprint density at radius 1 is 1.35 bits per heavy atom. The molecule has 0 amide bonds. The molecule has 1 heterocycles. The molecule has 1 saturated carbocycles. The SMILES string of the molecule is CCCNCc1cnc(N(CCC)CC2CC2)c(Cl)c1. The minimum atomic E-state index is 0.787. The topological polar surface area (TPSA) is 28.2 Å². The highest BCUT2D eigenvalue weighted by atomic mass is 35.5. The number of nitrogens with one attached hydrogen (secondary N) is 1. The summed E-state index contributed by atoms with van der Waals surface area (Å²) in [6, 6.07) is 2.06. The van der Waals surface area contributed by atoms with E-state index in [1.165, 1.54) is 12.8 Å². The van der Waals surface area contributed by atoms with Crippen molar-refractivity contribution < 1.29 is 0 Å². The van der Waals surface area contributed by atoms with E-state index in [4.69, 9.17) is 11.6 Å². The number of pyridine rings is 1. The maximum atomic E-state index is 6.44. The number of hydrogen-bond acceptors (Lipinski definition) is 3. The summed E-state index contributed by atoms with van der Waals surface area (Å²) in [7, 11) is 0. The Morgan fingerprint density at radius 2 is 2.15 bits per heavy atom. The fraction of sp³-hybridized carbons (Fsp3) is 0.688. The van der Waals surface area contributed by atoms with Gasteiger partial charge < -0.3 is 10.2 Å². The number of nitrogens with zero attached hydrogens (tertiary/aromatic N) is 2. The molecule has 1 aliphatic carbocycles. The Bertz CT molecular complexity index is 418. The quantitative estimate of drug-likeness (QED) is 0.701. The van der Waals surface area contributed by atoms with Gasteiger partial charge in [0.2, 0.25) is 0 Å². The van der Waals surface area contributed by atoms with E-state index in [0.717, 1.165) is 61.3 Å². The van der Waals surface area contributed by atoms with Crippen molar-refractivity contribution in [2.75, 3.05) is 24.5 Å². The molecule has 0 unspecified atom stereocenters.